The van der Waals surface area contributed by atoms with Gasteiger partial charge >= 0.3 is 94.4 Å². The van der Waals surface area contributed by atoms with E-state index in [1.54, 1.807) is 0 Å². The van der Waals surface area contributed by atoms with Gasteiger partial charge in [-0.25, -0.2) is 0 Å². The van der Waals surface area contributed by atoms with Gasteiger partial charge in [0.2, 0.25) is 0 Å². The van der Waals surface area contributed by atoms with Gasteiger partial charge in [0.25, 0.3) is 0 Å². The Hall–Kier alpha value is -0.430. The molecule has 0 heterocycles. The summed E-state index contributed by atoms with van der Waals surface area (Å²) in [6.45, 7) is 0. The number of hydrogen-bond acceptors (Lipinski definition) is 2. The van der Waals surface area contributed by atoms with E-state index in [9.17, 15) is 0 Å². The molecule has 2 aromatic carbocycles. The van der Waals surface area contributed by atoms with Crippen molar-refractivity contribution in [3.63, 3.8) is 0 Å². The third-order valence-corrected chi connectivity index (χ3v) is 2.88. The molecule has 0 atom stereocenters. The van der Waals surface area contributed by atoms with Crippen LogP contribution < -0.4 is 2.81 Å². The van der Waals surface area contributed by atoms with Gasteiger partial charge in [-0.1, -0.05) is 0 Å². The Morgan fingerprint density at radius 1 is 0.938 bits per heavy atom. The van der Waals surface area contributed by atoms with E-state index in [1.807, 2.05) is 0 Å². The van der Waals surface area contributed by atoms with Crippen molar-refractivity contribution in [3.8, 4) is 0 Å². The first kappa shape index (κ1) is 13.6. The van der Waals surface area contributed by atoms with E-state index in [4.69, 9.17) is 17.5 Å². The zero-order valence-corrected chi connectivity index (χ0v) is 11.5. The van der Waals surface area contributed by atoms with Crippen LogP contribution in [0.4, 0.5) is 0 Å². The van der Waals surface area contributed by atoms with E-state index in [0.29, 0.717) is 0 Å². The van der Waals surface area contributed by atoms with Crippen molar-refractivity contribution in [2.45, 2.75) is 0 Å². The third kappa shape index (κ3) is 5.07. The predicted molar refractivity (Wildman–Crippen MR) is 63.5 cm³/mol. The standard InChI is InChI=1S/C10H7.Na.H2O4S/c1-2-6-10-8-4-3-7-9(10)5-1;;1-5(2,3)4/h1-7H;;(H2,1,2,3,4). The molecule has 2 N–H and O–H groups in total. The van der Waals surface area contributed by atoms with Crippen LogP contribution in [0.25, 0.3) is 10.8 Å². The summed E-state index contributed by atoms with van der Waals surface area (Å²) in [5.74, 6) is 0. The van der Waals surface area contributed by atoms with E-state index in [-0.39, 0.29) is 0 Å². The van der Waals surface area contributed by atoms with Gasteiger partial charge in [0.15, 0.2) is 0 Å². The van der Waals surface area contributed by atoms with Crippen LogP contribution >= 0.6 is 0 Å². The first-order chi connectivity index (χ1) is 7.38. The quantitative estimate of drug-likeness (QED) is 0.538. The summed E-state index contributed by atoms with van der Waals surface area (Å²) in [5, 5.41) is 2.78. The SMILES string of the molecule is O=S(=O)(O)O.[Na][c]1cccc2ccccc12. The molecule has 16 heavy (non-hydrogen) atoms. The maximum atomic E-state index is 8.74. The number of hydrogen-bond donors (Lipinski definition) is 2. The van der Waals surface area contributed by atoms with Gasteiger partial charge in [0, 0.05) is 0 Å². The molecule has 2 rings (SSSR count). The van der Waals surface area contributed by atoms with Crippen LogP contribution in [0.2, 0.25) is 0 Å². The number of rotatable bonds is 0. The van der Waals surface area contributed by atoms with Crippen molar-refractivity contribution in [2.24, 2.45) is 0 Å². The monoisotopic (exact) mass is 248 g/mol. The molecule has 0 aliphatic carbocycles. The van der Waals surface area contributed by atoms with Crippen LogP contribution in [0.5, 0.6) is 0 Å². The van der Waals surface area contributed by atoms with Gasteiger partial charge in [-0.3, -0.25) is 9.11 Å². The van der Waals surface area contributed by atoms with Gasteiger partial charge < -0.3 is 0 Å². The Bertz CT molecular complexity index is 567. The Morgan fingerprint density at radius 2 is 1.44 bits per heavy atom. The van der Waals surface area contributed by atoms with Crippen LogP contribution in [0, 0.1) is 0 Å². The average Bonchev–Trinajstić information content (AvgIpc) is 2.16. The molecule has 0 bridgehead atoms. The molecule has 0 amide bonds. The van der Waals surface area contributed by atoms with Gasteiger partial charge in [-0.05, 0) is 0 Å². The molecule has 0 fully saturated rings. The van der Waals surface area contributed by atoms with Crippen molar-refractivity contribution < 1.29 is 17.5 Å². The molecule has 0 aromatic heterocycles. The van der Waals surface area contributed by atoms with E-state index < -0.39 is 10.4 Å². The fourth-order valence-electron chi connectivity index (χ4n) is 1.39. The molecule has 0 unspecified atom stereocenters. The number of fused-ring (bicyclic) bond motifs is 1. The van der Waals surface area contributed by atoms with E-state index >= 15 is 0 Å². The Balaban J connectivity index is 0.000000221. The normalized spacial score (nSPS) is 10.8. The summed E-state index contributed by atoms with van der Waals surface area (Å²) in [4.78, 5) is 0. The molecule has 6 heteroatoms. The summed E-state index contributed by atoms with van der Waals surface area (Å²) in [6, 6.07) is 15.0. The molecular formula is C10H9NaO4S. The van der Waals surface area contributed by atoms with Crippen LogP contribution in [0.15, 0.2) is 42.5 Å². The van der Waals surface area contributed by atoms with Crippen molar-refractivity contribution in [1.29, 1.82) is 0 Å². The first-order valence-electron chi connectivity index (χ1n) is 4.52. The van der Waals surface area contributed by atoms with Gasteiger partial charge in [-0.2, -0.15) is 8.42 Å². The molecule has 2 aromatic rings. The molecule has 0 spiro atoms. The van der Waals surface area contributed by atoms with Crippen molar-refractivity contribution in [1.82, 2.24) is 0 Å². The molecule has 0 saturated carbocycles. The summed E-state index contributed by atoms with van der Waals surface area (Å²) in [6.07, 6.45) is 0. The molecular weight excluding hydrogens is 239 g/mol. The summed E-state index contributed by atoms with van der Waals surface area (Å²) in [7, 11) is -4.67. The average molecular weight is 248 g/mol. The van der Waals surface area contributed by atoms with Gasteiger partial charge in [0.1, 0.15) is 0 Å². The third-order valence-electron chi connectivity index (χ3n) is 2.01. The minimum atomic E-state index is -4.67. The Morgan fingerprint density at radius 3 is 2.00 bits per heavy atom. The summed E-state index contributed by atoms with van der Waals surface area (Å²) < 4.78 is 33.1. The number of benzene rings is 2. The fraction of sp³-hybridized carbons (Fsp3) is 0. The molecule has 0 aliphatic heterocycles. The Labute approximate surface area is 111 Å². The van der Waals surface area contributed by atoms with Crippen LogP contribution in [-0.2, 0) is 10.4 Å². The fourth-order valence-corrected chi connectivity index (χ4v) is 2.04. The molecule has 0 radical (unpaired) electrons. The Kier molecular flexibility index (Phi) is 4.91. The van der Waals surface area contributed by atoms with Crippen molar-refractivity contribution >= 4 is 51.9 Å². The second-order valence-corrected chi connectivity index (χ2v) is 5.22. The van der Waals surface area contributed by atoms with Crippen molar-refractivity contribution in [2.75, 3.05) is 0 Å². The van der Waals surface area contributed by atoms with Crippen LogP contribution in [-0.4, -0.2) is 45.5 Å². The zero-order valence-electron chi connectivity index (χ0n) is 8.66. The first-order valence-corrected chi connectivity index (χ1v) is 6.92. The predicted octanol–water partition coefficient (Wildman–Crippen LogP) is 0.981. The maximum absolute atomic E-state index is 8.74. The molecule has 4 nitrogen and oxygen atoms in total. The van der Waals surface area contributed by atoms with E-state index in [1.165, 1.54) is 13.6 Å². The molecule has 0 aliphatic rings. The second kappa shape index (κ2) is 5.77. The van der Waals surface area contributed by atoms with Gasteiger partial charge in [0.05, 0.1) is 0 Å². The van der Waals surface area contributed by atoms with Crippen LogP contribution in [0.1, 0.15) is 0 Å². The molecule has 0 saturated heterocycles. The van der Waals surface area contributed by atoms with E-state index in [0.717, 1.165) is 27.9 Å². The summed E-state index contributed by atoms with van der Waals surface area (Å²) in [5.41, 5.74) is 0. The zero-order chi connectivity index (χ0) is 12.2. The minimum absolute atomic E-state index is 1.14. The summed E-state index contributed by atoms with van der Waals surface area (Å²) >= 11 is 1.14. The topological polar surface area (TPSA) is 74.6 Å². The van der Waals surface area contributed by atoms with E-state index in [2.05, 4.69) is 42.5 Å². The van der Waals surface area contributed by atoms with Crippen LogP contribution in [0.3, 0.4) is 0 Å². The second-order valence-electron chi connectivity index (χ2n) is 3.24. The van der Waals surface area contributed by atoms with Gasteiger partial charge in [-0.15, -0.1) is 0 Å². The van der Waals surface area contributed by atoms with Crippen molar-refractivity contribution in [3.05, 3.63) is 42.5 Å². The molecule has 80 valence electrons.